The molecule has 4 rings (SSSR count). The van der Waals surface area contributed by atoms with Crippen molar-refractivity contribution in [1.82, 2.24) is 0 Å². The fourth-order valence-corrected chi connectivity index (χ4v) is 5.99. The third kappa shape index (κ3) is 9.28. The second-order valence-corrected chi connectivity index (χ2v) is 11.2. The average Bonchev–Trinajstić information content (AvgIpc) is 3.53. The molecule has 0 spiro atoms. The van der Waals surface area contributed by atoms with Gasteiger partial charge in [-0.15, -0.1) is 0 Å². The van der Waals surface area contributed by atoms with Crippen LogP contribution in [0, 0.1) is 11.8 Å². The number of aliphatic carboxylic acids is 1. The molecule has 0 saturated heterocycles. The summed E-state index contributed by atoms with van der Waals surface area (Å²) in [5.41, 5.74) is 1.58. The van der Waals surface area contributed by atoms with Crippen molar-refractivity contribution in [3.05, 3.63) is 77.4 Å². The van der Waals surface area contributed by atoms with Crippen molar-refractivity contribution in [3.63, 3.8) is 0 Å². The van der Waals surface area contributed by atoms with Gasteiger partial charge >= 0.3 is 17.9 Å². The lowest BCUT2D eigenvalue weighted by atomic mass is 10.0. The molecule has 1 N–H and O–H groups in total. The number of carbonyl (C=O) groups is 3. The molecule has 2 aliphatic carbocycles. The van der Waals surface area contributed by atoms with Gasteiger partial charge < -0.3 is 19.3 Å². The van der Waals surface area contributed by atoms with Crippen molar-refractivity contribution < 1.29 is 33.7 Å². The van der Waals surface area contributed by atoms with Crippen molar-refractivity contribution in [2.24, 2.45) is 11.8 Å². The van der Waals surface area contributed by atoms with Crippen LogP contribution in [-0.2, 0) is 19.0 Å². The summed E-state index contributed by atoms with van der Waals surface area (Å²) >= 11 is 0. The van der Waals surface area contributed by atoms with Gasteiger partial charge in [0, 0.05) is 18.6 Å². The Bertz CT molecular complexity index is 1170. The first kappa shape index (κ1) is 30.5. The maximum atomic E-state index is 13.1. The topological polar surface area (TPSA) is 99.1 Å². The quantitative estimate of drug-likeness (QED) is 0.137. The van der Waals surface area contributed by atoms with Gasteiger partial charge in [-0.3, -0.25) is 4.79 Å². The van der Waals surface area contributed by atoms with Gasteiger partial charge in [0.15, 0.2) is 0 Å². The second-order valence-electron chi connectivity index (χ2n) is 11.2. The van der Waals surface area contributed by atoms with Crippen molar-refractivity contribution in [2.45, 2.75) is 89.8 Å². The maximum absolute atomic E-state index is 13.1. The van der Waals surface area contributed by atoms with E-state index < -0.39 is 11.9 Å². The summed E-state index contributed by atoms with van der Waals surface area (Å²) in [7, 11) is 0. The van der Waals surface area contributed by atoms with Gasteiger partial charge in [0.25, 0.3) is 0 Å². The summed E-state index contributed by atoms with van der Waals surface area (Å²) in [6, 6.07) is 16.0. The number of allylic oxidation sites excluding steroid dienone is 1. The summed E-state index contributed by atoms with van der Waals surface area (Å²) in [6.07, 6.45) is 11.4. The molecule has 41 heavy (non-hydrogen) atoms. The predicted octanol–water partition coefficient (Wildman–Crippen LogP) is 7.45. The Hall–Kier alpha value is -3.45. The minimum absolute atomic E-state index is 0.126. The molecule has 2 saturated carbocycles. The number of rotatable bonds is 15. The fourth-order valence-electron chi connectivity index (χ4n) is 5.99. The van der Waals surface area contributed by atoms with E-state index in [1.54, 1.807) is 42.5 Å². The number of benzene rings is 2. The van der Waals surface area contributed by atoms with Crippen LogP contribution >= 0.6 is 0 Å². The number of fused-ring (bicyclic) bond motifs is 1. The number of unbranched alkanes of at least 4 members (excludes halogenated alkanes) is 4. The Morgan fingerprint density at radius 3 is 2.20 bits per heavy atom. The molecule has 0 aromatic heterocycles. The highest BCUT2D eigenvalue weighted by atomic mass is 16.5. The van der Waals surface area contributed by atoms with Crippen LogP contribution in [0.4, 0.5) is 0 Å². The predicted molar refractivity (Wildman–Crippen MR) is 156 cm³/mol. The molecular weight excluding hydrogens is 520 g/mol. The van der Waals surface area contributed by atoms with Crippen LogP contribution in [0.2, 0.25) is 0 Å². The van der Waals surface area contributed by atoms with Crippen LogP contribution in [0.1, 0.15) is 104 Å². The number of carbonyl (C=O) groups excluding carboxylic acids is 2. The number of ether oxygens (including phenoxy) is 3. The Kier molecular flexibility index (Phi) is 11.6. The average molecular weight is 563 g/mol. The lowest BCUT2D eigenvalue weighted by Crippen LogP contribution is -2.18. The molecular formula is C34H42O7. The van der Waals surface area contributed by atoms with Gasteiger partial charge in [0.1, 0.15) is 11.9 Å². The summed E-state index contributed by atoms with van der Waals surface area (Å²) in [6.45, 7) is 2.64. The van der Waals surface area contributed by atoms with Gasteiger partial charge in [-0.25, -0.2) is 9.59 Å². The molecule has 0 aliphatic heterocycles. The smallest absolute Gasteiger partial charge is 0.343 e. The Morgan fingerprint density at radius 2 is 1.49 bits per heavy atom. The lowest BCUT2D eigenvalue weighted by molar-refractivity contribution is -0.137. The minimum Gasteiger partial charge on any atom is -0.481 e. The zero-order chi connectivity index (χ0) is 29.0. The molecule has 2 aliphatic rings. The summed E-state index contributed by atoms with van der Waals surface area (Å²) in [5, 5.41) is 8.78. The van der Waals surface area contributed by atoms with E-state index in [-0.39, 0.29) is 24.6 Å². The van der Waals surface area contributed by atoms with Gasteiger partial charge in [-0.05, 0) is 87.1 Å². The van der Waals surface area contributed by atoms with Crippen LogP contribution in [0.25, 0.3) is 5.76 Å². The Morgan fingerprint density at radius 1 is 0.805 bits per heavy atom. The van der Waals surface area contributed by atoms with Crippen LogP contribution in [0.5, 0.6) is 0 Å². The minimum atomic E-state index is -0.796. The molecule has 0 amide bonds. The number of esters is 2. The molecule has 7 nitrogen and oxygen atoms in total. The first-order chi connectivity index (χ1) is 19.9. The molecule has 4 atom stereocenters. The van der Waals surface area contributed by atoms with Gasteiger partial charge in [-0.1, -0.05) is 56.5 Å². The molecule has 0 bridgehead atoms. The van der Waals surface area contributed by atoms with E-state index >= 15 is 0 Å². The van der Waals surface area contributed by atoms with Crippen molar-refractivity contribution in [3.8, 4) is 0 Å². The monoisotopic (exact) mass is 562 g/mol. The van der Waals surface area contributed by atoms with Crippen molar-refractivity contribution >= 4 is 23.7 Å². The van der Waals surface area contributed by atoms with E-state index in [1.165, 1.54) is 0 Å². The fraction of sp³-hybridized carbons (Fsp3) is 0.500. The van der Waals surface area contributed by atoms with Crippen molar-refractivity contribution in [2.75, 3.05) is 6.61 Å². The summed E-state index contributed by atoms with van der Waals surface area (Å²) in [5.74, 6) is -0.216. The summed E-state index contributed by atoms with van der Waals surface area (Å²) in [4.78, 5) is 36.7. The maximum Gasteiger partial charge on any atom is 0.343 e. The zero-order valence-electron chi connectivity index (χ0n) is 24.0. The molecule has 220 valence electrons. The van der Waals surface area contributed by atoms with Crippen LogP contribution in [-0.4, -0.2) is 41.8 Å². The normalized spacial score (nSPS) is 21.8. The number of hydrogen-bond donors (Lipinski definition) is 1. The van der Waals surface area contributed by atoms with Crippen molar-refractivity contribution in [1.29, 1.82) is 0 Å². The first-order valence-electron chi connectivity index (χ1n) is 15.0. The molecule has 2 aromatic carbocycles. The van der Waals surface area contributed by atoms with E-state index in [9.17, 15) is 14.4 Å². The summed E-state index contributed by atoms with van der Waals surface area (Å²) < 4.78 is 17.7. The molecule has 2 unspecified atom stereocenters. The van der Waals surface area contributed by atoms with Gasteiger partial charge in [0.2, 0.25) is 0 Å². The van der Waals surface area contributed by atoms with E-state index in [0.29, 0.717) is 47.3 Å². The molecule has 2 fully saturated rings. The highest BCUT2D eigenvalue weighted by Gasteiger charge is 2.43. The third-order valence-corrected chi connectivity index (χ3v) is 8.07. The van der Waals surface area contributed by atoms with Gasteiger partial charge in [0.05, 0.1) is 17.2 Å². The van der Waals surface area contributed by atoms with E-state index in [1.807, 2.05) is 18.2 Å². The molecule has 2 aromatic rings. The second kappa shape index (κ2) is 15.5. The number of hydrogen-bond acceptors (Lipinski definition) is 6. The van der Waals surface area contributed by atoms with Crippen LogP contribution < -0.4 is 0 Å². The van der Waals surface area contributed by atoms with Crippen LogP contribution in [0.3, 0.4) is 0 Å². The van der Waals surface area contributed by atoms with E-state index in [0.717, 1.165) is 57.8 Å². The molecule has 0 radical (unpaired) electrons. The van der Waals surface area contributed by atoms with E-state index in [4.69, 9.17) is 19.3 Å². The Balaban J connectivity index is 1.34. The zero-order valence-corrected chi connectivity index (χ0v) is 24.0. The number of carboxylic acid groups (broad SMARTS) is 1. The third-order valence-electron chi connectivity index (χ3n) is 8.07. The van der Waals surface area contributed by atoms with Gasteiger partial charge in [-0.2, -0.15) is 0 Å². The number of carboxylic acids is 1. The van der Waals surface area contributed by atoms with E-state index in [2.05, 4.69) is 6.92 Å². The highest BCUT2D eigenvalue weighted by molar-refractivity contribution is 5.94. The molecule has 0 heterocycles. The Labute approximate surface area is 242 Å². The SMILES string of the molecule is CCCCCCC=C(OC(=O)c1ccccc1)c1cccc(C(=O)OC2C[C@H]3CC(OCCCC(=O)O)C[C@H]3C2)c1. The highest BCUT2D eigenvalue weighted by Crippen LogP contribution is 2.46. The first-order valence-corrected chi connectivity index (χ1v) is 15.0. The largest absolute Gasteiger partial charge is 0.481 e. The molecule has 7 heteroatoms. The standard InChI is InChI=1S/C34H42O7/c1-2-3-4-5-9-16-31(41-33(37)24-12-7-6-8-13-24)25-14-10-15-26(19-25)34(38)40-30-22-27-20-29(21-28(27)23-30)39-18-11-17-32(35)36/h6-8,10,12-16,19,27-30H,2-5,9,11,17-18,20-23H2,1H3,(H,35,36)/t27-,28+,29?,30?. The van der Waals surface area contributed by atoms with Crippen LogP contribution in [0.15, 0.2) is 60.7 Å². The lowest BCUT2D eigenvalue weighted by Gasteiger charge is -2.17.